The summed E-state index contributed by atoms with van der Waals surface area (Å²) in [5.74, 6) is -1.89. The van der Waals surface area contributed by atoms with E-state index in [-0.39, 0.29) is 25.0 Å². The van der Waals surface area contributed by atoms with Crippen molar-refractivity contribution >= 4 is 18.0 Å². The standard InChI is InChI=1S/C32H36N2O6/c1-20(2)17-28(30(35)34-29(31(36)37)21(3)39-18-22-11-5-4-6-12-22)33-32(38)40-19-27-25-15-9-7-13-23(25)24-14-8-10-16-26(24)27/h4-16,20-21,27-29H,17-19H2,1-3H3,(H,33,38)(H,34,35)(H,36,37)/t21-,28+,29+/m1/s1. The molecule has 2 amide bonds. The largest absolute Gasteiger partial charge is 0.480 e. The van der Waals surface area contributed by atoms with Crippen LogP contribution in [0.5, 0.6) is 0 Å². The molecular formula is C32H36N2O6. The van der Waals surface area contributed by atoms with Crippen LogP contribution in [-0.2, 0) is 25.7 Å². The Morgan fingerprint density at radius 3 is 1.98 bits per heavy atom. The zero-order valence-corrected chi connectivity index (χ0v) is 23.0. The number of carbonyl (C=O) groups is 3. The molecule has 210 valence electrons. The number of ether oxygens (including phenoxy) is 2. The van der Waals surface area contributed by atoms with Crippen LogP contribution in [0.4, 0.5) is 4.79 Å². The van der Waals surface area contributed by atoms with Crippen molar-refractivity contribution in [2.45, 2.75) is 57.9 Å². The van der Waals surface area contributed by atoms with E-state index in [1.165, 1.54) is 0 Å². The average Bonchev–Trinajstić information content (AvgIpc) is 3.26. The van der Waals surface area contributed by atoms with E-state index in [2.05, 4.69) is 22.8 Å². The van der Waals surface area contributed by atoms with Crippen molar-refractivity contribution in [1.29, 1.82) is 0 Å². The minimum absolute atomic E-state index is 0.0552. The van der Waals surface area contributed by atoms with Gasteiger partial charge in [0.1, 0.15) is 12.6 Å². The molecule has 0 bridgehead atoms. The second-order valence-corrected chi connectivity index (χ2v) is 10.5. The Balaban J connectivity index is 1.38. The van der Waals surface area contributed by atoms with Gasteiger partial charge in [0.2, 0.25) is 5.91 Å². The lowest BCUT2D eigenvalue weighted by atomic mass is 9.98. The second kappa shape index (κ2) is 13.3. The number of benzene rings is 3. The van der Waals surface area contributed by atoms with Gasteiger partial charge in [0.25, 0.3) is 0 Å². The molecule has 1 aliphatic carbocycles. The Morgan fingerprint density at radius 2 is 1.40 bits per heavy atom. The predicted octanol–water partition coefficient (Wildman–Crippen LogP) is 5.11. The summed E-state index contributed by atoms with van der Waals surface area (Å²) in [4.78, 5) is 38.1. The summed E-state index contributed by atoms with van der Waals surface area (Å²) in [5, 5.41) is 15.0. The molecule has 8 heteroatoms. The van der Waals surface area contributed by atoms with Gasteiger partial charge in [-0.15, -0.1) is 0 Å². The number of hydrogen-bond donors (Lipinski definition) is 3. The maximum atomic E-state index is 13.2. The molecule has 0 saturated carbocycles. The first-order valence-electron chi connectivity index (χ1n) is 13.5. The van der Waals surface area contributed by atoms with Gasteiger partial charge < -0.3 is 25.2 Å². The first-order chi connectivity index (χ1) is 19.2. The molecule has 0 aromatic heterocycles. The maximum absolute atomic E-state index is 13.2. The fourth-order valence-corrected chi connectivity index (χ4v) is 5.02. The van der Waals surface area contributed by atoms with Crippen LogP contribution in [0.1, 0.15) is 49.8 Å². The second-order valence-electron chi connectivity index (χ2n) is 10.5. The third-order valence-corrected chi connectivity index (χ3v) is 7.05. The molecule has 8 nitrogen and oxygen atoms in total. The summed E-state index contributed by atoms with van der Waals surface area (Å²) in [6.45, 7) is 5.74. The van der Waals surface area contributed by atoms with Crippen molar-refractivity contribution in [2.75, 3.05) is 6.61 Å². The SMILES string of the molecule is CC(C)C[C@H](NC(=O)OCC1c2ccccc2-c2ccccc21)C(=O)N[C@H](C(=O)O)[C@@H](C)OCc1ccccc1. The van der Waals surface area contributed by atoms with Crippen molar-refractivity contribution in [2.24, 2.45) is 5.92 Å². The van der Waals surface area contributed by atoms with Gasteiger partial charge in [0.15, 0.2) is 6.04 Å². The monoisotopic (exact) mass is 544 g/mol. The summed E-state index contributed by atoms with van der Waals surface area (Å²) in [5.41, 5.74) is 5.29. The average molecular weight is 545 g/mol. The van der Waals surface area contributed by atoms with Crippen LogP contribution in [0, 0.1) is 5.92 Å². The van der Waals surface area contributed by atoms with Crippen LogP contribution < -0.4 is 10.6 Å². The van der Waals surface area contributed by atoms with Crippen molar-refractivity contribution in [3.8, 4) is 11.1 Å². The summed E-state index contributed by atoms with van der Waals surface area (Å²) in [7, 11) is 0. The smallest absolute Gasteiger partial charge is 0.407 e. The molecule has 40 heavy (non-hydrogen) atoms. The number of carbonyl (C=O) groups excluding carboxylic acids is 2. The van der Waals surface area contributed by atoms with E-state index in [1.54, 1.807) is 6.92 Å². The molecule has 0 unspecified atom stereocenters. The van der Waals surface area contributed by atoms with Crippen LogP contribution >= 0.6 is 0 Å². The zero-order valence-electron chi connectivity index (χ0n) is 23.0. The fourth-order valence-electron chi connectivity index (χ4n) is 5.02. The predicted molar refractivity (Wildman–Crippen MR) is 152 cm³/mol. The number of hydrogen-bond acceptors (Lipinski definition) is 5. The first-order valence-corrected chi connectivity index (χ1v) is 13.5. The molecule has 3 aromatic carbocycles. The molecule has 1 aliphatic rings. The Kier molecular flexibility index (Phi) is 9.56. The highest BCUT2D eigenvalue weighted by molar-refractivity contribution is 5.89. The van der Waals surface area contributed by atoms with Crippen molar-refractivity contribution in [1.82, 2.24) is 10.6 Å². The number of aliphatic carboxylic acids is 1. The van der Waals surface area contributed by atoms with E-state index in [1.807, 2.05) is 80.6 Å². The topological polar surface area (TPSA) is 114 Å². The minimum Gasteiger partial charge on any atom is -0.480 e. The van der Waals surface area contributed by atoms with E-state index < -0.39 is 36.2 Å². The van der Waals surface area contributed by atoms with Crippen LogP contribution in [0.25, 0.3) is 11.1 Å². The molecule has 0 radical (unpaired) electrons. The molecule has 0 aliphatic heterocycles. The van der Waals surface area contributed by atoms with Gasteiger partial charge in [-0.05, 0) is 47.1 Å². The first kappa shape index (κ1) is 28.8. The molecule has 3 N–H and O–H groups in total. The Morgan fingerprint density at radius 1 is 0.825 bits per heavy atom. The Labute approximate surface area is 234 Å². The summed E-state index contributed by atoms with van der Waals surface area (Å²) in [6, 6.07) is 23.2. The third kappa shape index (κ3) is 7.07. The van der Waals surface area contributed by atoms with Gasteiger partial charge in [-0.2, -0.15) is 0 Å². The van der Waals surface area contributed by atoms with Crippen molar-refractivity contribution in [3.05, 3.63) is 95.6 Å². The summed E-state index contributed by atoms with van der Waals surface area (Å²) in [6.07, 6.45) is -1.24. The van der Waals surface area contributed by atoms with E-state index in [4.69, 9.17) is 9.47 Å². The highest BCUT2D eigenvalue weighted by Gasteiger charge is 2.33. The summed E-state index contributed by atoms with van der Waals surface area (Å²) >= 11 is 0. The van der Waals surface area contributed by atoms with Crippen molar-refractivity contribution < 1.29 is 29.0 Å². The number of carboxylic acid groups (broad SMARTS) is 1. The van der Waals surface area contributed by atoms with Crippen LogP contribution in [-0.4, -0.2) is 47.9 Å². The lowest BCUT2D eigenvalue weighted by molar-refractivity contribution is -0.146. The highest BCUT2D eigenvalue weighted by atomic mass is 16.5. The Bertz CT molecular complexity index is 1280. The molecule has 3 aromatic rings. The quantitative estimate of drug-likeness (QED) is 0.292. The lowest BCUT2D eigenvalue weighted by Crippen LogP contribution is -2.55. The number of alkyl carbamates (subject to hydrolysis) is 1. The lowest BCUT2D eigenvalue weighted by Gasteiger charge is -2.26. The van der Waals surface area contributed by atoms with Crippen LogP contribution in [0.2, 0.25) is 0 Å². The molecule has 0 heterocycles. The van der Waals surface area contributed by atoms with E-state index in [9.17, 15) is 19.5 Å². The highest BCUT2D eigenvalue weighted by Crippen LogP contribution is 2.44. The van der Waals surface area contributed by atoms with Gasteiger partial charge in [0.05, 0.1) is 12.7 Å². The van der Waals surface area contributed by atoms with Gasteiger partial charge in [-0.1, -0.05) is 92.7 Å². The molecule has 0 fully saturated rings. The molecular weight excluding hydrogens is 508 g/mol. The minimum atomic E-state index is -1.30. The third-order valence-electron chi connectivity index (χ3n) is 7.05. The summed E-state index contributed by atoms with van der Waals surface area (Å²) < 4.78 is 11.4. The number of carboxylic acids is 1. The number of nitrogens with one attached hydrogen (secondary N) is 2. The normalized spacial score (nSPS) is 14.5. The molecule has 3 atom stereocenters. The van der Waals surface area contributed by atoms with E-state index in [0.29, 0.717) is 6.42 Å². The molecule has 4 rings (SSSR count). The maximum Gasteiger partial charge on any atom is 0.407 e. The van der Waals surface area contributed by atoms with E-state index >= 15 is 0 Å². The molecule has 0 saturated heterocycles. The van der Waals surface area contributed by atoms with Crippen LogP contribution in [0.15, 0.2) is 78.9 Å². The van der Waals surface area contributed by atoms with Crippen molar-refractivity contribution in [3.63, 3.8) is 0 Å². The number of amides is 2. The number of fused-ring (bicyclic) bond motifs is 3. The molecule has 0 spiro atoms. The van der Waals surface area contributed by atoms with E-state index in [0.717, 1.165) is 27.8 Å². The fraction of sp³-hybridized carbons (Fsp3) is 0.344. The Hall–Kier alpha value is -4.17. The zero-order chi connectivity index (χ0) is 28.6. The van der Waals surface area contributed by atoms with Gasteiger partial charge in [-0.25, -0.2) is 9.59 Å². The van der Waals surface area contributed by atoms with Crippen LogP contribution in [0.3, 0.4) is 0 Å². The van der Waals surface area contributed by atoms with Gasteiger partial charge >= 0.3 is 12.1 Å². The number of rotatable bonds is 12. The van der Waals surface area contributed by atoms with Gasteiger partial charge in [0, 0.05) is 5.92 Å². The van der Waals surface area contributed by atoms with Gasteiger partial charge in [-0.3, -0.25) is 4.79 Å².